The van der Waals surface area contributed by atoms with Crippen LogP contribution in [0.15, 0.2) is 18.2 Å². The SMILES string of the molecule is Cc1cc(Cl)ccc1C(=O)NCC(CC(C)C)C(=O)O. The molecule has 0 aliphatic rings. The predicted octanol–water partition coefficient (Wildman–Crippen LogP) is 3.13. The van der Waals surface area contributed by atoms with Crippen molar-refractivity contribution >= 4 is 23.5 Å². The molecule has 4 nitrogen and oxygen atoms in total. The summed E-state index contributed by atoms with van der Waals surface area (Å²) in [5, 5.41) is 12.4. The second-order valence-electron chi connectivity index (χ2n) is 5.33. The number of halogens is 1. The van der Waals surface area contributed by atoms with Crippen LogP contribution in [0.5, 0.6) is 0 Å². The van der Waals surface area contributed by atoms with E-state index in [1.165, 1.54) is 0 Å². The van der Waals surface area contributed by atoms with Gasteiger partial charge >= 0.3 is 5.97 Å². The van der Waals surface area contributed by atoms with E-state index < -0.39 is 11.9 Å². The normalized spacial score (nSPS) is 12.2. The van der Waals surface area contributed by atoms with Gasteiger partial charge in [0.2, 0.25) is 0 Å². The van der Waals surface area contributed by atoms with E-state index in [9.17, 15) is 9.59 Å². The van der Waals surface area contributed by atoms with Gasteiger partial charge in [-0.1, -0.05) is 25.4 Å². The van der Waals surface area contributed by atoms with Gasteiger partial charge in [-0.05, 0) is 43.0 Å². The van der Waals surface area contributed by atoms with Crippen molar-refractivity contribution in [2.75, 3.05) is 6.54 Å². The van der Waals surface area contributed by atoms with Crippen LogP contribution in [0.2, 0.25) is 5.02 Å². The van der Waals surface area contributed by atoms with Crippen molar-refractivity contribution in [2.24, 2.45) is 11.8 Å². The fraction of sp³-hybridized carbons (Fsp3) is 0.467. The molecule has 1 atom stereocenters. The van der Waals surface area contributed by atoms with E-state index in [0.717, 1.165) is 5.56 Å². The summed E-state index contributed by atoms with van der Waals surface area (Å²) in [6, 6.07) is 5.00. The molecule has 5 heteroatoms. The number of rotatable bonds is 6. The highest BCUT2D eigenvalue weighted by Crippen LogP contribution is 2.16. The lowest BCUT2D eigenvalue weighted by atomic mass is 9.97. The van der Waals surface area contributed by atoms with Crippen LogP contribution in [-0.4, -0.2) is 23.5 Å². The van der Waals surface area contributed by atoms with Crippen LogP contribution in [-0.2, 0) is 4.79 Å². The van der Waals surface area contributed by atoms with Crippen LogP contribution in [0.3, 0.4) is 0 Å². The van der Waals surface area contributed by atoms with Gasteiger partial charge in [0.15, 0.2) is 0 Å². The Kier molecular flexibility index (Phi) is 6.02. The van der Waals surface area contributed by atoms with E-state index in [1.54, 1.807) is 25.1 Å². The van der Waals surface area contributed by atoms with Crippen LogP contribution in [0, 0.1) is 18.8 Å². The highest BCUT2D eigenvalue weighted by molar-refractivity contribution is 6.30. The van der Waals surface area contributed by atoms with Crippen molar-refractivity contribution < 1.29 is 14.7 Å². The summed E-state index contributed by atoms with van der Waals surface area (Å²) in [4.78, 5) is 23.2. The van der Waals surface area contributed by atoms with E-state index >= 15 is 0 Å². The lowest BCUT2D eigenvalue weighted by Crippen LogP contribution is -2.34. The topological polar surface area (TPSA) is 66.4 Å². The molecule has 0 bridgehead atoms. The Balaban J connectivity index is 2.68. The minimum Gasteiger partial charge on any atom is -0.481 e. The zero-order valence-electron chi connectivity index (χ0n) is 11.9. The van der Waals surface area contributed by atoms with Crippen molar-refractivity contribution in [3.8, 4) is 0 Å². The largest absolute Gasteiger partial charge is 0.481 e. The molecule has 0 fully saturated rings. The monoisotopic (exact) mass is 297 g/mol. The molecule has 1 unspecified atom stereocenters. The van der Waals surface area contributed by atoms with Crippen LogP contribution < -0.4 is 5.32 Å². The third-order valence-corrected chi connectivity index (χ3v) is 3.28. The molecule has 0 radical (unpaired) electrons. The number of aryl methyl sites for hydroxylation is 1. The molecule has 0 aliphatic carbocycles. The first kappa shape index (κ1) is 16.5. The summed E-state index contributed by atoms with van der Waals surface area (Å²) in [6.07, 6.45) is 0.537. The van der Waals surface area contributed by atoms with Gasteiger partial charge in [-0.3, -0.25) is 9.59 Å². The Bertz CT molecular complexity index is 500. The lowest BCUT2D eigenvalue weighted by Gasteiger charge is -2.16. The summed E-state index contributed by atoms with van der Waals surface area (Å²) >= 11 is 5.84. The molecule has 0 saturated carbocycles. The fourth-order valence-electron chi connectivity index (χ4n) is 2.03. The smallest absolute Gasteiger partial charge is 0.308 e. The first-order chi connectivity index (χ1) is 9.31. The van der Waals surface area contributed by atoms with Gasteiger partial charge in [0.25, 0.3) is 5.91 Å². The Morgan fingerprint density at radius 2 is 2.00 bits per heavy atom. The number of hydrogen-bond donors (Lipinski definition) is 2. The number of amides is 1. The number of benzene rings is 1. The van der Waals surface area contributed by atoms with Crippen molar-refractivity contribution in [1.82, 2.24) is 5.32 Å². The summed E-state index contributed by atoms with van der Waals surface area (Å²) in [7, 11) is 0. The molecule has 0 spiro atoms. The summed E-state index contributed by atoms with van der Waals surface area (Å²) in [5.41, 5.74) is 1.29. The molecule has 1 rings (SSSR count). The second-order valence-corrected chi connectivity index (χ2v) is 5.77. The molecule has 1 amide bonds. The standard InChI is InChI=1S/C15H20ClNO3/c1-9(2)6-11(15(19)20)8-17-14(18)13-5-4-12(16)7-10(13)3/h4-5,7,9,11H,6,8H2,1-3H3,(H,17,18)(H,19,20). The molecule has 1 aromatic carbocycles. The highest BCUT2D eigenvalue weighted by atomic mass is 35.5. The highest BCUT2D eigenvalue weighted by Gasteiger charge is 2.20. The molecular formula is C15H20ClNO3. The van der Waals surface area contributed by atoms with Gasteiger partial charge in [-0.15, -0.1) is 0 Å². The number of carbonyl (C=O) groups is 2. The summed E-state index contributed by atoms with van der Waals surface area (Å²) in [6.45, 7) is 5.85. The maximum atomic E-state index is 12.0. The quantitative estimate of drug-likeness (QED) is 0.848. The molecule has 0 aromatic heterocycles. The molecule has 0 saturated heterocycles. The Labute approximate surface area is 124 Å². The van der Waals surface area contributed by atoms with E-state index in [1.807, 2.05) is 13.8 Å². The van der Waals surface area contributed by atoms with Gasteiger partial charge < -0.3 is 10.4 Å². The maximum Gasteiger partial charge on any atom is 0.308 e. The van der Waals surface area contributed by atoms with Crippen molar-refractivity contribution in [3.63, 3.8) is 0 Å². The van der Waals surface area contributed by atoms with Gasteiger partial charge in [0.1, 0.15) is 0 Å². The average Bonchev–Trinajstić information content (AvgIpc) is 2.33. The van der Waals surface area contributed by atoms with E-state index in [-0.39, 0.29) is 18.4 Å². The van der Waals surface area contributed by atoms with E-state index in [2.05, 4.69) is 5.32 Å². The zero-order chi connectivity index (χ0) is 15.3. The van der Waals surface area contributed by atoms with E-state index in [4.69, 9.17) is 16.7 Å². The minimum atomic E-state index is -0.883. The van der Waals surface area contributed by atoms with Crippen molar-refractivity contribution in [3.05, 3.63) is 34.3 Å². The molecule has 0 aliphatic heterocycles. The predicted molar refractivity (Wildman–Crippen MR) is 79.1 cm³/mol. The summed E-state index contributed by atoms with van der Waals surface area (Å²) in [5.74, 6) is -1.45. The molecule has 20 heavy (non-hydrogen) atoms. The second kappa shape index (κ2) is 7.29. The number of carboxylic acids is 1. The molecule has 0 heterocycles. The lowest BCUT2D eigenvalue weighted by molar-refractivity contribution is -0.142. The minimum absolute atomic E-state index is 0.133. The van der Waals surface area contributed by atoms with Crippen LogP contribution >= 0.6 is 11.6 Å². The Hall–Kier alpha value is -1.55. The fourth-order valence-corrected chi connectivity index (χ4v) is 2.26. The first-order valence-electron chi connectivity index (χ1n) is 6.58. The molecule has 110 valence electrons. The Morgan fingerprint density at radius 3 is 2.50 bits per heavy atom. The maximum absolute atomic E-state index is 12.0. The number of hydrogen-bond acceptors (Lipinski definition) is 2. The third-order valence-electron chi connectivity index (χ3n) is 3.05. The van der Waals surface area contributed by atoms with Gasteiger partial charge in [-0.2, -0.15) is 0 Å². The van der Waals surface area contributed by atoms with Gasteiger partial charge in [0.05, 0.1) is 5.92 Å². The molecule has 1 aromatic rings. The number of carbonyl (C=O) groups excluding carboxylic acids is 1. The third kappa shape index (κ3) is 4.85. The van der Waals surface area contributed by atoms with Crippen LogP contribution in [0.25, 0.3) is 0 Å². The van der Waals surface area contributed by atoms with Crippen molar-refractivity contribution in [2.45, 2.75) is 27.2 Å². The molecular weight excluding hydrogens is 278 g/mol. The summed E-state index contributed by atoms with van der Waals surface area (Å²) < 4.78 is 0. The van der Waals surface area contributed by atoms with Crippen molar-refractivity contribution in [1.29, 1.82) is 0 Å². The number of aliphatic carboxylic acids is 1. The van der Waals surface area contributed by atoms with Crippen LogP contribution in [0.1, 0.15) is 36.2 Å². The average molecular weight is 298 g/mol. The molecule has 2 N–H and O–H groups in total. The number of nitrogens with one attached hydrogen (secondary N) is 1. The first-order valence-corrected chi connectivity index (χ1v) is 6.96. The van der Waals surface area contributed by atoms with Crippen LogP contribution in [0.4, 0.5) is 0 Å². The Morgan fingerprint density at radius 1 is 1.35 bits per heavy atom. The van der Waals surface area contributed by atoms with Gasteiger partial charge in [0, 0.05) is 17.1 Å². The zero-order valence-corrected chi connectivity index (χ0v) is 12.7. The van der Waals surface area contributed by atoms with Gasteiger partial charge in [-0.25, -0.2) is 0 Å². The van der Waals surface area contributed by atoms with E-state index in [0.29, 0.717) is 17.0 Å². The number of carboxylic acid groups (broad SMARTS) is 1.